The second kappa shape index (κ2) is 10.2. The van der Waals surface area contributed by atoms with Gasteiger partial charge in [-0.3, -0.25) is 14.2 Å². The number of esters is 1. The molecule has 0 radical (unpaired) electrons. The molecule has 2 aromatic carbocycles. The fraction of sp³-hybridized carbons (Fsp3) is 0.241. The van der Waals surface area contributed by atoms with E-state index in [1.165, 1.54) is 15.9 Å². The van der Waals surface area contributed by atoms with E-state index in [1.54, 1.807) is 43.5 Å². The van der Waals surface area contributed by atoms with Crippen molar-refractivity contribution < 1.29 is 14.3 Å². The summed E-state index contributed by atoms with van der Waals surface area (Å²) in [6.07, 6.45) is 3.31. The molecular formula is C29H27N3O4S2. The molecule has 1 amide bonds. The van der Waals surface area contributed by atoms with Gasteiger partial charge in [0.25, 0.3) is 11.5 Å². The van der Waals surface area contributed by atoms with Gasteiger partial charge in [-0.15, -0.1) is 18.3 Å². The van der Waals surface area contributed by atoms with Gasteiger partial charge in [0, 0.05) is 17.0 Å². The van der Waals surface area contributed by atoms with Crippen LogP contribution >= 0.6 is 23.1 Å². The number of thiazole rings is 1. The van der Waals surface area contributed by atoms with Crippen LogP contribution in [0.2, 0.25) is 0 Å². The molecule has 5 rings (SSSR count). The summed E-state index contributed by atoms with van der Waals surface area (Å²) in [5, 5.41) is 0. The summed E-state index contributed by atoms with van der Waals surface area (Å²) >= 11 is 2.77. The Bertz CT molecular complexity index is 1680. The van der Waals surface area contributed by atoms with Crippen LogP contribution in [0.5, 0.6) is 0 Å². The van der Waals surface area contributed by atoms with Gasteiger partial charge in [0.15, 0.2) is 4.80 Å². The summed E-state index contributed by atoms with van der Waals surface area (Å²) in [7, 11) is 0. The first-order valence-electron chi connectivity index (χ1n) is 12.2. The third kappa shape index (κ3) is 4.25. The Morgan fingerprint density at radius 2 is 1.89 bits per heavy atom. The molecule has 2 aliphatic rings. The van der Waals surface area contributed by atoms with Crippen molar-refractivity contribution in [1.82, 2.24) is 4.57 Å². The average molecular weight is 546 g/mol. The van der Waals surface area contributed by atoms with E-state index in [0.29, 0.717) is 38.3 Å². The van der Waals surface area contributed by atoms with Gasteiger partial charge >= 0.3 is 5.97 Å². The van der Waals surface area contributed by atoms with Gasteiger partial charge in [-0.25, -0.2) is 9.79 Å². The smallest absolute Gasteiger partial charge is 0.338 e. The maximum atomic E-state index is 14.1. The van der Waals surface area contributed by atoms with Crippen molar-refractivity contribution in [2.24, 2.45) is 4.99 Å². The van der Waals surface area contributed by atoms with Gasteiger partial charge in [-0.05, 0) is 50.8 Å². The highest BCUT2D eigenvalue weighted by molar-refractivity contribution is 7.98. The molecule has 3 heterocycles. The van der Waals surface area contributed by atoms with E-state index in [4.69, 9.17) is 4.74 Å². The highest BCUT2D eigenvalue weighted by Crippen LogP contribution is 2.36. The SMILES string of the molecule is C=CCN1C(=O)/C(=c2\sc3n(c2=O)[C@@H](c2ccc(SC)cc2)C(C(=O)OC(C)C)=C(C)N=3)c2ccccc21. The maximum Gasteiger partial charge on any atom is 0.338 e. The molecule has 0 spiro atoms. The summed E-state index contributed by atoms with van der Waals surface area (Å²) in [6.45, 7) is 9.42. The number of benzene rings is 2. The number of hydrogen-bond donors (Lipinski definition) is 0. The molecule has 0 fully saturated rings. The minimum absolute atomic E-state index is 0.257. The second-order valence-corrected chi connectivity index (χ2v) is 11.1. The predicted octanol–water partition coefficient (Wildman–Crippen LogP) is 3.81. The summed E-state index contributed by atoms with van der Waals surface area (Å²) in [5.74, 6) is -0.773. The van der Waals surface area contributed by atoms with E-state index in [9.17, 15) is 14.4 Å². The van der Waals surface area contributed by atoms with E-state index in [2.05, 4.69) is 11.6 Å². The number of para-hydroxylation sites is 1. The van der Waals surface area contributed by atoms with Crippen molar-refractivity contribution in [1.29, 1.82) is 0 Å². The molecule has 9 heteroatoms. The van der Waals surface area contributed by atoms with E-state index in [0.717, 1.165) is 16.1 Å². The van der Waals surface area contributed by atoms with Crippen LogP contribution in [0.25, 0.3) is 5.57 Å². The number of allylic oxidation sites excluding steroid dienone is 1. The summed E-state index contributed by atoms with van der Waals surface area (Å²) in [5.41, 5.74) is 2.96. The van der Waals surface area contributed by atoms with Crippen LogP contribution in [0.15, 0.2) is 87.1 Å². The zero-order valence-corrected chi connectivity index (χ0v) is 23.2. The Morgan fingerprint density at radius 3 is 2.55 bits per heavy atom. The Balaban J connectivity index is 1.79. The molecule has 1 atom stereocenters. The van der Waals surface area contributed by atoms with Crippen LogP contribution < -0.4 is 19.8 Å². The normalized spacial score (nSPS) is 17.9. The third-order valence-corrected chi connectivity index (χ3v) is 8.25. The molecule has 0 bridgehead atoms. The number of nitrogens with zero attached hydrogens (tertiary/aromatic N) is 3. The zero-order chi connectivity index (χ0) is 27.1. The molecule has 0 N–H and O–H groups in total. The topological polar surface area (TPSA) is 81.0 Å². The molecule has 0 unspecified atom stereocenters. The number of carbonyl (C=O) groups is 2. The number of aromatic nitrogens is 1. The Labute approximate surface area is 228 Å². The first-order valence-corrected chi connectivity index (χ1v) is 14.2. The molecule has 0 saturated carbocycles. The van der Waals surface area contributed by atoms with E-state index in [-0.39, 0.29) is 17.6 Å². The first kappa shape index (κ1) is 25.9. The first-order chi connectivity index (χ1) is 18.3. The molecule has 2 aliphatic heterocycles. The zero-order valence-electron chi connectivity index (χ0n) is 21.6. The highest BCUT2D eigenvalue weighted by Gasteiger charge is 2.37. The lowest BCUT2D eigenvalue weighted by Gasteiger charge is -2.25. The van der Waals surface area contributed by atoms with Gasteiger partial charge in [-0.2, -0.15) is 0 Å². The number of hydrogen-bond acceptors (Lipinski definition) is 7. The third-order valence-electron chi connectivity index (χ3n) is 6.45. The van der Waals surface area contributed by atoms with E-state index in [1.807, 2.05) is 54.8 Å². The van der Waals surface area contributed by atoms with Crippen molar-refractivity contribution >= 4 is 46.2 Å². The average Bonchev–Trinajstić information content (AvgIpc) is 3.35. The van der Waals surface area contributed by atoms with Crippen LogP contribution in [0.3, 0.4) is 0 Å². The molecule has 0 saturated heterocycles. The van der Waals surface area contributed by atoms with Crippen LogP contribution in [0.1, 0.15) is 37.9 Å². The lowest BCUT2D eigenvalue weighted by molar-refractivity contribution is -0.143. The van der Waals surface area contributed by atoms with Gasteiger partial charge in [0.05, 0.1) is 34.7 Å². The molecular weight excluding hydrogens is 518 g/mol. The largest absolute Gasteiger partial charge is 0.459 e. The minimum atomic E-state index is -0.737. The van der Waals surface area contributed by atoms with Crippen LogP contribution in [-0.4, -0.2) is 35.3 Å². The number of fused-ring (bicyclic) bond motifs is 2. The van der Waals surface area contributed by atoms with Crippen molar-refractivity contribution in [3.8, 4) is 0 Å². The number of ether oxygens (including phenoxy) is 1. The van der Waals surface area contributed by atoms with Gasteiger partial charge in [0.1, 0.15) is 4.53 Å². The molecule has 194 valence electrons. The predicted molar refractivity (Wildman–Crippen MR) is 151 cm³/mol. The van der Waals surface area contributed by atoms with Crippen LogP contribution in [0.4, 0.5) is 5.69 Å². The van der Waals surface area contributed by atoms with Crippen molar-refractivity contribution in [3.63, 3.8) is 0 Å². The Kier molecular flexibility index (Phi) is 6.98. The van der Waals surface area contributed by atoms with Crippen LogP contribution in [0, 0.1) is 0 Å². The standard InChI is InChI=1S/C29H27N3O4S2/c1-6-15-31-21-10-8-7-9-20(21)23(26(31)33)25-27(34)32-24(18-11-13-19(37-5)14-12-18)22(28(35)36-16(2)3)17(4)30-29(32)38-25/h6-14,16,24H,1,15H2,2-5H3/b25-23-/t24-/m0/s1. The highest BCUT2D eigenvalue weighted by atomic mass is 32.2. The number of amides is 1. The summed E-state index contributed by atoms with van der Waals surface area (Å²) < 4.78 is 7.40. The van der Waals surface area contributed by atoms with Crippen molar-refractivity contribution in [2.45, 2.75) is 37.8 Å². The Morgan fingerprint density at radius 1 is 1.18 bits per heavy atom. The lowest BCUT2D eigenvalue weighted by Crippen LogP contribution is -2.41. The van der Waals surface area contributed by atoms with E-state index >= 15 is 0 Å². The molecule has 3 aromatic rings. The number of anilines is 1. The molecule has 38 heavy (non-hydrogen) atoms. The Hall–Kier alpha value is -3.69. The lowest BCUT2D eigenvalue weighted by atomic mass is 9.96. The second-order valence-electron chi connectivity index (χ2n) is 9.23. The number of thioether (sulfide) groups is 1. The monoisotopic (exact) mass is 545 g/mol. The maximum absolute atomic E-state index is 14.1. The number of carbonyl (C=O) groups excluding carboxylic acids is 2. The molecule has 1 aromatic heterocycles. The van der Waals surface area contributed by atoms with Gasteiger partial charge in [0.2, 0.25) is 0 Å². The van der Waals surface area contributed by atoms with Crippen molar-refractivity contribution in [3.05, 3.63) is 103 Å². The van der Waals surface area contributed by atoms with Crippen LogP contribution in [-0.2, 0) is 14.3 Å². The fourth-order valence-corrected chi connectivity index (χ4v) is 6.37. The van der Waals surface area contributed by atoms with Gasteiger partial charge in [-0.1, -0.05) is 47.7 Å². The quantitative estimate of drug-likeness (QED) is 0.267. The minimum Gasteiger partial charge on any atom is -0.459 e. The van der Waals surface area contributed by atoms with Crippen molar-refractivity contribution in [2.75, 3.05) is 17.7 Å². The number of rotatable bonds is 6. The van der Waals surface area contributed by atoms with E-state index < -0.39 is 12.0 Å². The van der Waals surface area contributed by atoms with Gasteiger partial charge < -0.3 is 9.64 Å². The summed E-state index contributed by atoms with van der Waals surface area (Å²) in [4.78, 5) is 48.8. The molecule has 0 aliphatic carbocycles. The summed E-state index contributed by atoms with van der Waals surface area (Å²) in [6, 6.07) is 14.4. The molecule has 7 nitrogen and oxygen atoms in total. The fourth-order valence-electron chi connectivity index (χ4n) is 4.82.